The molecule has 0 aromatic heterocycles. The molecule has 35 heavy (non-hydrogen) atoms. The third-order valence-corrected chi connectivity index (χ3v) is 6.77. The molecule has 1 N–H and O–H groups in total. The molecule has 1 heterocycles. The van der Waals surface area contributed by atoms with E-state index in [9.17, 15) is 9.59 Å². The lowest BCUT2D eigenvalue weighted by atomic mass is 10.0. The number of rotatable bonds is 5. The van der Waals surface area contributed by atoms with Crippen LogP contribution in [0.2, 0.25) is 0 Å². The second-order valence-corrected chi connectivity index (χ2v) is 9.58. The van der Waals surface area contributed by atoms with Gasteiger partial charge in [0, 0.05) is 22.9 Å². The van der Waals surface area contributed by atoms with Crippen LogP contribution in [0.4, 0.5) is 11.4 Å². The van der Waals surface area contributed by atoms with Crippen molar-refractivity contribution < 1.29 is 9.59 Å². The Bertz CT molecular complexity index is 1200. The van der Waals surface area contributed by atoms with Gasteiger partial charge in [-0.1, -0.05) is 36.4 Å². The Morgan fingerprint density at radius 3 is 2.14 bits per heavy atom. The van der Waals surface area contributed by atoms with E-state index in [2.05, 4.69) is 35.3 Å². The third-order valence-electron chi connectivity index (χ3n) is 6.77. The van der Waals surface area contributed by atoms with Gasteiger partial charge in [0.05, 0.1) is 11.9 Å². The van der Waals surface area contributed by atoms with Gasteiger partial charge in [-0.15, -0.1) is 0 Å². The van der Waals surface area contributed by atoms with Gasteiger partial charge < -0.3 is 10.2 Å². The summed E-state index contributed by atoms with van der Waals surface area (Å²) >= 11 is 0. The maximum atomic E-state index is 13.9. The van der Waals surface area contributed by atoms with E-state index in [1.165, 1.54) is 0 Å². The number of nitrogens with zero attached hydrogens (tertiary/aromatic N) is 3. The van der Waals surface area contributed by atoms with Crippen LogP contribution in [0.25, 0.3) is 0 Å². The number of benzene rings is 3. The second kappa shape index (κ2) is 10.4. The van der Waals surface area contributed by atoms with Gasteiger partial charge in [-0.25, -0.2) is 0 Å². The number of fused-ring (bicyclic) bond motifs is 1. The van der Waals surface area contributed by atoms with Crippen LogP contribution >= 0.6 is 0 Å². The zero-order chi connectivity index (χ0) is 25.1. The maximum absolute atomic E-state index is 13.9. The molecule has 6 heteroatoms. The number of anilines is 2. The number of carbonyl (C=O) groups is 2. The fourth-order valence-electron chi connectivity index (χ4n) is 4.87. The summed E-state index contributed by atoms with van der Waals surface area (Å²) in [6.45, 7) is 1.91. The molecular weight excluding hydrogens is 436 g/mol. The highest BCUT2D eigenvalue weighted by atomic mass is 16.2. The lowest BCUT2D eigenvalue weighted by Gasteiger charge is -2.35. The van der Waals surface area contributed by atoms with Gasteiger partial charge in [0.25, 0.3) is 11.8 Å². The maximum Gasteiger partial charge on any atom is 0.259 e. The topological polar surface area (TPSA) is 55.9 Å². The third kappa shape index (κ3) is 5.14. The van der Waals surface area contributed by atoms with Gasteiger partial charge in [-0.3, -0.25) is 19.4 Å². The van der Waals surface area contributed by atoms with E-state index in [0.717, 1.165) is 29.7 Å². The van der Waals surface area contributed by atoms with E-state index < -0.39 is 0 Å². The molecule has 0 bridgehead atoms. The summed E-state index contributed by atoms with van der Waals surface area (Å²) in [5.74, 6) is -0.210. The summed E-state index contributed by atoms with van der Waals surface area (Å²) < 4.78 is 0. The lowest BCUT2D eigenvalue weighted by molar-refractivity contribution is 0.0943. The minimum atomic E-state index is -0.161. The Balaban J connectivity index is 1.63. The first-order valence-corrected chi connectivity index (χ1v) is 12.0. The van der Waals surface area contributed by atoms with Crippen molar-refractivity contribution in [2.45, 2.75) is 32.0 Å². The standard InChI is InChI=1S/C29H34N4O2/c1-20-10-6-7-11-23(20)28(34)30-22-16-14-21(15-17-22)29(35)33-26-13-9-8-12-24(26)25(31(2)3)18-19-27(33)32(4)5/h6-17,25,27H,18-19H2,1-5H3,(H,30,34). The van der Waals surface area contributed by atoms with Gasteiger partial charge in [0.1, 0.15) is 0 Å². The quantitative estimate of drug-likeness (QED) is 0.558. The number of hydrogen-bond acceptors (Lipinski definition) is 4. The van der Waals surface area contributed by atoms with Crippen LogP contribution in [0.15, 0.2) is 72.8 Å². The zero-order valence-corrected chi connectivity index (χ0v) is 21.2. The predicted molar refractivity (Wildman–Crippen MR) is 142 cm³/mol. The van der Waals surface area contributed by atoms with Crippen LogP contribution in [0.3, 0.4) is 0 Å². The Kier molecular flexibility index (Phi) is 7.34. The van der Waals surface area contributed by atoms with E-state index in [-0.39, 0.29) is 24.0 Å². The van der Waals surface area contributed by atoms with Crippen molar-refractivity contribution in [1.82, 2.24) is 9.80 Å². The molecule has 4 rings (SSSR count). The SMILES string of the molecule is Cc1ccccc1C(=O)Nc1ccc(C(=O)N2c3ccccc3C(N(C)C)CCC2N(C)C)cc1. The van der Waals surface area contributed by atoms with Crippen molar-refractivity contribution in [2.24, 2.45) is 0 Å². The molecule has 2 unspecified atom stereocenters. The molecule has 6 nitrogen and oxygen atoms in total. The highest BCUT2D eigenvalue weighted by Gasteiger charge is 2.35. The number of nitrogens with one attached hydrogen (secondary N) is 1. The normalized spacial score (nSPS) is 17.7. The average Bonchev–Trinajstić information content (AvgIpc) is 3.02. The largest absolute Gasteiger partial charge is 0.322 e. The fourth-order valence-corrected chi connectivity index (χ4v) is 4.87. The molecule has 3 aromatic carbocycles. The Labute approximate surface area is 208 Å². The fraction of sp³-hybridized carbons (Fsp3) is 0.310. The van der Waals surface area contributed by atoms with Gasteiger partial charge in [0.15, 0.2) is 0 Å². The zero-order valence-electron chi connectivity index (χ0n) is 21.2. The van der Waals surface area contributed by atoms with Gasteiger partial charge in [0.2, 0.25) is 0 Å². The number of hydrogen-bond donors (Lipinski definition) is 1. The first-order chi connectivity index (χ1) is 16.8. The summed E-state index contributed by atoms with van der Waals surface area (Å²) in [7, 11) is 8.22. The van der Waals surface area contributed by atoms with E-state index >= 15 is 0 Å². The van der Waals surface area contributed by atoms with Crippen LogP contribution in [0.1, 0.15) is 50.7 Å². The Hall–Kier alpha value is -3.48. The second-order valence-electron chi connectivity index (χ2n) is 9.58. The van der Waals surface area contributed by atoms with Gasteiger partial charge in [-0.05, 0) is 95.5 Å². The molecule has 0 radical (unpaired) electrons. The van der Waals surface area contributed by atoms with E-state index in [4.69, 9.17) is 0 Å². The first kappa shape index (κ1) is 24.6. The van der Waals surface area contributed by atoms with Crippen molar-refractivity contribution in [2.75, 3.05) is 38.4 Å². The minimum Gasteiger partial charge on any atom is -0.322 e. The first-order valence-electron chi connectivity index (χ1n) is 12.0. The highest BCUT2D eigenvalue weighted by molar-refractivity contribution is 6.08. The molecule has 0 saturated heterocycles. The van der Waals surface area contributed by atoms with E-state index in [1.807, 2.05) is 68.4 Å². The van der Waals surface area contributed by atoms with Crippen LogP contribution in [0, 0.1) is 6.92 Å². The summed E-state index contributed by atoms with van der Waals surface area (Å²) in [4.78, 5) is 32.9. The van der Waals surface area contributed by atoms with Crippen molar-refractivity contribution in [3.05, 3.63) is 95.1 Å². The van der Waals surface area contributed by atoms with Crippen LogP contribution in [-0.4, -0.2) is 56.0 Å². The Morgan fingerprint density at radius 1 is 0.829 bits per heavy atom. The molecule has 0 saturated carbocycles. The molecule has 0 aliphatic carbocycles. The van der Waals surface area contributed by atoms with Crippen molar-refractivity contribution in [3.8, 4) is 0 Å². The van der Waals surface area contributed by atoms with Gasteiger partial charge >= 0.3 is 0 Å². The monoisotopic (exact) mass is 470 g/mol. The number of para-hydroxylation sites is 1. The lowest BCUT2D eigenvalue weighted by Crippen LogP contribution is -2.48. The molecule has 0 fully saturated rings. The highest BCUT2D eigenvalue weighted by Crippen LogP contribution is 2.39. The molecule has 1 aliphatic heterocycles. The molecule has 3 aromatic rings. The smallest absolute Gasteiger partial charge is 0.259 e. The van der Waals surface area contributed by atoms with Crippen molar-refractivity contribution in [1.29, 1.82) is 0 Å². The number of amides is 2. The van der Waals surface area contributed by atoms with Gasteiger partial charge in [-0.2, -0.15) is 0 Å². The summed E-state index contributed by atoms with van der Waals surface area (Å²) in [6, 6.07) is 23.1. The predicted octanol–water partition coefficient (Wildman–Crippen LogP) is 5.18. The number of aryl methyl sites for hydroxylation is 1. The number of carbonyl (C=O) groups excluding carboxylic acids is 2. The minimum absolute atomic E-state index is 0.0488. The molecule has 2 atom stereocenters. The van der Waals surface area contributed by atoms with Crippen LogP contribution < -0.4 is 10.2 Å². The van der Waals surface area contributed by atoms with Crippen molar-refractivity contribution in [3.63, 3.8) is 0 Å². The van der Waals surface area contributed by atoms with E-state index in [1.54, 1.807) is 24.3 Å². The molecule has 1 aliphatic rings. The Morgan fingerprint density at radius 2 is 1.49 bits per heavy atom. The van der Waals surface area contributed by atoms with Crippen LogP contribution in [0.5, 0.6) is 0 Å². The van der Waals surface area contributed by atoms with Crippen molar-refractivity contribution >= 4 is 23.2 Å². The molecule has 2 amide bonds. The molecular formula is C29H34N4O2. The summed E-state index contributed by atoms with van der Waals surface area (Å²) in [5, 5.41) is 2.94. The van der Waals surface area contributed by atoms with Crippen LogP contribution in [-0.2, 0) is 0 Å². The van der Waals surface area contributed by atoms with E-state index in [0.29, 0.717) is 16.8 Å². The molecule has 0 spiro atoms. The summed E-state index contributed by atoms with van der Waals surface area (Å²) in [5.41, 5.74) is 4.91. The average molecular weight is 471 g/mol. The molecule has 182 valence electrons. The summed E-state index contributed by atoms with van der Waals surface area (Å²) in [6.07, 6.45) is 1.76.